The molecule has 92 heavy (non-hydrogen) atoms. The van der Waals surface area contributed by atoms with Crippen LogP contribution in [0.3, 0.4) is 0 Å². The molecule has 0 aromatic heterocycles. The molecule has 0 atom stereocenters. The fraction of sp³-hybridized carbons (Fsp3) is 0.190. The Bertz CT molecular complexity index is 4470. The molecule has 0 spiro atoms. The highest BCUT2D eigenvalue weighted by molar-refractivity contribution is 6.09. The average molecular weight is 1210 g/mol. The lowest BCUT2D eigenvalue weighted by Gasteiger charge is -2.09. The lowest BCUT2D eigenvalue weighted by molar-refractivity contribution is 0.0593. The van der Waals surface area contributed by atoms with E-state index in [1.54, 1.807) is 24.3 Å². The van der Waals surface area contributed by atoms with Crippen LogP contribution in [0, 0.1) is 47.4 Å². The summed E-state index contributed by atoms with van der Waals surface area (Å²) < 4.78 is 21.5. The molecule has 0 aliphatic heterocycles. The molecule has 3 aromatic carbocycles. The summed E-state index contributed by atoms with van der Waals surface area (Å²) in [6, 6.07) is 55.5. The second-order valence-corrected chi connectivity index (χ2v) is 24.1. The molecule has 0 amide bonds. The quantitative estimate of drug-likeness (QED) is 0.0641. The van der Waals surface area contributed by atoms with Crippen LogP contribution in [0.25, 0.3) is 77.2 Å². The summed E-state index contributed by atoms with van der Waals surface area (Å²) in [5.74, 6) is 27.2. The van der Waals surface area contributed by atoms with Gasteiger partial charge >= 0.3 is 23.9 Å². The van der Waals surface area contributed by atoms with Crippen LogP contribution in [-0.2, 0) is 18.9 Å². The molecule has 452 valence electrons. The van der Waals surface area contributed by atoms with Crippen molar-refractivity contribution < 1.29 is 38.1 Å². The molecular weight excluding hydrogens is 1140 g/mol. The lowest BCUT2D eigenvalue weighted by Crippen LogP contribution is -2.18. The summed E-state index contributed by atoms with van der Waals surface area (Å²) in [5.41, 5.74) is 15.0. The van der Waals surface area contributed by atoms with Crippen molar-refractivity contribution >= 4 is 56.6 Å². The summed E-state index contributed by atoms with van der Waals surface area (Å²) in [6.07, 6.45) is 0. The fourth-order valence-electron chi connectivity index (χ4n) is 12.0. The molecule has 0 radical (unpaired) electrons. The molecule has 8 heteroatoms. The van der Waals surface area contributed by atoms with E-state index in [1.807, 2.05) is 121 Å². The van der Waals surface area contributed by atoms with Crippen LogP contribution in [0.2, 0.25) is 0 Å². The number of carbonyl (C=O) groups is 4. The van der Waals surface area contributed by atoms with Crippen LogP contribution in [0.5, 0.6) is 0 Å². The van der Waals surface area contributed by atoms with Crippen LogP contribution < -0.4 is 10.4 Å². The van der Waals surface area contributed by atoms with Gasteiger partial charge in [0, 0.05) is 32.7 Å². The van der Waals surface area contributed by atoms with Gasteiger partial charge in [0.05, 0.1) is 61.8 Å². The number of ether oxygens (including phenoxy) is 4. The van der Waals surface area contributed by atoms with Crippen molar-refractivity contribution in [1.29, 1.82) is 0 Å². The van der Waals surface area contributed by atoms with Crippen LogP contribution in [-0.4, -0.2) is 52.3 Å². The molecule has 8 nitrogen and oxygen atoms in total. The van der Waals surface area contributed by atoms with E-state index in [-0.39, 0.29) is 23.7 Å². The Morgan fingerprint density at radius 3 is 0.696 bits per heavy atom. The number of rotatable bonds is 8. The lowest BCUT2D eigenvalue weighted by atomic mass is 9.93. The third-order valence-electron chi connectivity index (χ3n) is 17.1. The van der Waals surface area contributed by atoms with Crippen LogP contribution in [0.4, 0.5) is 0 Å². The van der Waals surface area contributed by atoms with E-state index in [2.05, 4.69) is 127 Å². The molecule has 8 aliphatic rings. The second-order valence-electron chi connectivity index (χ2n) is 24.1. The maximum atomic E-state index is 13.6. The standard InChI is InChI=1S/C84H68O8/c1-49(2)55-21-17-29-63-59(45-75(71(63)41-55)81(85)89-9)37-33-53(34-38-60-46-76(82(86)90-10)72-42-56(50(3)4)22-18-30-64(60)72)79-67-25-13-15-27-69(67)80(70-28-16-14-26-68(70)79)54(35-39-61-47-77(83(87)91-11)73-43-57(51(5)6)23-19-31-65(61)73)36-40-62-48-78(84(88)92-12)74-44-58(52(7)8)24-20-32-66(62)74/h13-32,41-52H,1-12H3. The Kier molecular flexibility index (Phi) is 18.0. The molecule has 0 unspecified atom stereocenters. The number of carbonyl (C=O) groups excluding carboxylic acids is 4. The van der Waals surface area contributed by atoms with Crippen LogP contribution in [0.15, 0.2) is 170 Å². The predicted molar refractivity (Wildman–Crippen MR) is 369 cm³/mol. The van der Waals surface area contributed by atoms with Crippen LogP contribution in [0.1, 0.15) is 165 Å². The van der Waals surface area contributed by atoms with Gasteiger partial charge in [0.2, 0.25) is 0 Å². The molecule has 0 fully saturated rings. The summed E-state index contributed by atoms with van der Waals surface area (Å²) in [6.45, 7) is 16.9. The second kappa shape index (κ2) is 26.5. The van der Waals surface area contributed by atoms with Gasteiger partial charge in [-0.2, -0.15) is 0 Å². The summed E-state index contributed by atoms with van der Waals surface area (Å²) in [5, 5.41) is 4.59. The summed E-state index contributed by atoms with van der Waals surface area (Å²) >= 11 is 0. The number of esters is 4. The molecule has 0 saturated heterocycles. The van der Waals surface area contributed by atoms with Gasteiger partial charge in [0.1, 0.15) is 0 Å². The Labute approximate surface area is 538 Å². The van der Waals surface area contributed by atoms with Crippen molar-refractivity contribution in [2.24, 2.45) is 0 Å². The Hall–Kier alpha value is -11.2. The summed E-state index contributed by atoms with van der Waals surface area (Å²) in [7, 11) is 5.51. The van der Waals surface area contributed by atoms with Gasteiger partial charge in [0.15, 0.2) is 0 Å². The predicted octanol–water partition coefficient (Wildman–Crippen LogP) is 16.6. The van der Waals surface area contributed by atoms with Gasteiger partial charge < -0.3 is 18.9 Å². The first kappa shape index (κ1) is 62.4. The topological polar surface area (TPSA) is 105 Å². The van der Waals surface area contributed by atoms with Gasteiger partial charge in [-0.15, -0.1) is 0 Å². The molecule has 0 bridgehead atoms. The highest BCUT2D eigenvalue weighted by Gasteiger charge is 2.26. The number of hydrogen-bond donors (Lipinski definition) is 0. The van der Waals surface area contributed by atoms with Crippen molar-refractivity contribution in [3.05, 3.63) is 247 Å². The fourth-order valence-corrected chi connectivity index (χ4v) is 12.0. The van der Waals surface area contributed by atoms with E-state index in [4.69, 9.17) is 18.9 Å². The smallest absolute Gasteiger partial charge is 0.338 e. The molecule has 0 heterocycles. The van der Waals surface area contributed by atoms with Crippen molar-refractivity contribution in [1.82, 2.24) is 0 Å². The molecule has 0 N–H and O–H groups in total. The minimum Gasteiger partial charge on any atom is -0.465 e. The van der Waals surface area contributed by atoms with Crippen LogP contribution >= 0.6 is 0 Å². The third kappa shape index (κ3) is 12.1. The SMILES string of the molecule is COC(=O)c1cc(C#CC(C#Cc2cc(C(=O)OC)c3cc(C(C)C)cccc2-3)=c2c3ccccc3c(=C(C#Cc3cc(C(=O)OC)c4cc(C(C)C)cccc3-4)C#Cc3cc(C(=O)OC)c4cc(C(C)C)cccc3-4)c3ccccc23)c2cccc(C(C)C)cc1-2. The van der Waals surface area contributed by atoms with Gasteiger partial charge in [0.25, 0.3) is 0 Å². The number of methoxy groups -OCH3 is 4. The minimum absolute atomic E-state index is 0.174. The zero-order valence-electron chi connectivity index (χ0n) is 53.7. The van der Waals surface area contributed by atoms with Gasteiger partial charge in [-0.25, -0.2) is 19.2 Å². The zero-order valence-corrected chi connectivity index (χ0v) is 53.7. The first-order valence-corrected chi connectivity index (χ1v) is 30.8. The molecular formula is C84H68O8. The Morgan fingerprint density at radius 2 is 0.500 bits per heavy atom. The monoisotopic (exact) mass is 1200 g/mol. The molecule has 8 aliphatic carbocycles. The average Bonchev–Trinajstić information content (AvgIpc) is 1.16. The van der Waals surface area contributed by atoms with E-state index in [0.717, 1.165) is 98.7 Å². The maximum Gasteiger partial charge on any atom is 0.338 e. The molecule has 3 aromatic rings. The van der Waals surface area contributed by atoms with E-state index in [0.29, 0.717) is 55.7 Å². The molecule has 11 rings (SSSR count). The normalized spacial score (nSPS) is 11.0. The summed E-state index contributed by atoms with van der Waals surface area (Å²) in [4.78, 5) is 54.6. The third-order valence-corrected chi connectivity index (χ3v) is 17.1. The van der Waals surface area contributed by atoms with Gasteiger partial charge in [-0.1, -0.05) is 224 Å². The Balaban J connectivity index is 1.28. The van der Waals surface area contributed by atoms with Crippen molar-refractivity contribution in [3.8, 4) is 91.9 Å². The van der Waals surface area contributed by atoms with Gasteiger partial charge in [-0.3, -0.25) is 0 Å². The molecule has 0 saturated carbocycles. The van der Waals surface area contributed by atoms with Crippen molar-refractivity contribution in [2.45, 2.75) is 79.1 Å². The minimum atomic E-state index is -0.480. The first-order valence-electron chi connectivity index (χ1n) is 30.8. The van der Waals surface area contributed by atoms with Crippen molar-refractivity contribution in [3.63, 3.8) is 0 Å². The Morgan fingerprint density at radius 1 is 0.283 bits per heavy atom. The van der Waals surface area contributed by atoms with E-state index in [1.165, 1.54) is 28.4 Å². The van der Waals surface area contributed by atoms with E-state index < -0.39 is 23.9 Å². The highest BCUT2D eigenvalue weighted by atomic mass is 16.5. The number of hydrogen-bond acceptors (Lipinski definition) is 8. The maximum absolute atomic E-state index is 13.6. The largest absolute Gasteiger partial charge is 0.465 e. The van der Waals surface area contributed by atoms with E-state index in [9.17, 15) is 19.2 Å². The number of benzene rings is 3. The van der Waals surface area contributed by atoms with Gasteiger partial charge in [-0.05, 0) is 161 Å². The zero-order chi connectivity index (χ0) is 65.1. The van der Waals surface area contributed by atoms with Crippen molar-refractivity contribution in [2.75, 3.05) is 28.4 Å². The highest BCUT2D eigenvalue weighted by Crippen LogP contribution is 2.39. The van der Waals surface area contributed by atoms with E-state index >= 15 is 0 Å². The first-order chi connectivity index (χ1) is 44.4. The number of fused-ring (bicyclic) bond motifs is 6.